The largest absolute Gasteiger partial charge is 0.516 e. The number of aliphatic hydroxyl groups is 1. The third kappa shape index (κ3) is 3.43. The smallest absolute Gasteiger partial charge is 0.376 e. The van der Waals surface area contributed by atoms with Gasteiger partial charge in [-0.1, -0.05) is 6.08 Å². The Balaban J connectivity index is 3.90. The molecule has 0 radical (unpaired) electrons. The van der Waals surface area contributed by atoms with Crippen molar-refractivity contribution in [2.75, 3.05) is 0 Å². The van der Waals surface area contributed by atoms with Crippen molar-refractivity contribution in [3.8, 4) is 0 Å². The summed E-state index contributed by atoms with van der Waals surface area (Å²) in [7, 11) is 0. The summed E-state index contributed by atoms with van der Waals surface area (Å²) in [6.07, 6.45) is 3.82. The van der Waals surface area contributed by atoms with Crippen LogP contribution in [0.1, 0.15) is 0 Å². The molecule has 54 valence electrons. The van der Waals surface area contributed by atoms with Gasteiger partial charge in [0, 0.05) is 0 Å². The van der Waals surface area contributed by atoms with Crippen LogP contribution in [0.5, 0.6) is 0 Å². The third-order valence-corrected chi connectivity index (χ3v) is 0.656. The van der Waals surface area contributed by atoms with E-state index in [4.69, 9.17) is 10.2 Å². The molecule has 4 nitrogen and oxygen atoms in total. The van der Waals surface area contributed by atoms with E-state index in [-0.39, 0.29) is 0 Å². The first-order chi connectivity index (χ1) is 4.68. The van der Waals surface area contributed by atoms with Gasteiger partial charge >= 0.3 is 5.97 Å². The number of carbonyl (C=O) groups excluding carboxylic acids is 1. The lowest BCUT2D eigenvalue weighted by Crippen LogP contribution is -2.08. The second-order valence-corrected chi connectivity index (χ2v) is 1.37. The van der Waals surface area contributed by atoms with E-state index in [0.29, 0.717) is 6.26 Å². The molecule has 0 aliphatic carbocycles. The number of carboxylic acid groups (broad SMARTS) is 1. The molecule has 0 amide bonds. The van der Waals surface area contributed by atoms with Gasteiger partial charge < -0.3 is 10.2 Å². The molecular formula is C6H6O4. The minimum Gasteiger partial charge on any atom is -0.516 e. The molecule has 0 heterocycles. The molecule has 0 fully saturated rings. The van der Waals surface area contributed by atoms with Gasteiger partial charge in [-0.05, 0) is 12.2 Å². The van der Waals surface area contributed by atoms with E-state index in [2.05, 4.69) is 0 Å². The summed E-state index contributed by atoms with van der Waals surface area (Å²) >= 11 is 0. The number of aliphatic carboxylic acids is 1. The van der Waals surface area contributed by atoms with Crippen LogP contribution >= 0.6 is 0 Å². The Labute approximate surface area is 57.1 Å². The first-order valence-electron chi connectivity index (χ1n) is 2.43. The Morgan fingerprint density at radius 3 is 2.20 bits per heavy atom. The van der Waals surface area contributed by atoms with Gasteiger partial charge in [-0.2, -0.15) is 0 Å². The summed E-state index contributed by atoms with van der Waals surface area (Å²) in [4.78, 5) is 20.0. The molecule has 4 heteroatoms. The third-order valence-electron chi connectivity index (χ3n) is 0.656. The molecule has 0 rings (SSSR count). The molecule has 0 unspecified atom stereocenters. The summed E-state index contributed by atoms with van der Waals surface area (Å²) < 4.78 is 0. The summed E-state index contributed by atoms with van der Waals surface area (Å²) in [6, 6.07) is 0. The van der Waals surface area contributed by atoms with Crippen LogP contribution in [0.2, 0.25) is 0 Å². The van der Waals surface area contributed by atoms with Gasteiger partial charge in [0.05, 0.1) is 6.26 Å². The topological polar surface area (TPSA) is 74.6 Å². The van der Waals surface area contributed by atoms with Crippen molar-refractivity contribution in [1.82, 2.24) is 0 Å². The number of ketones is 1. The summed E-state index contributed by atoms with van der Waals surface area (Å²) in [5.41, 5.74) is 0. The van der Waals surface area contributed by atoms with Crippen LogP contribution in [0.3, 0.4) is 0 Å². The lowest BCUT2D eigenvalue weighted by Gasteiger charge is -1.79. The average molecular weight is 142 g/mol. The van der Waals surface area contributed by atoms with Crippen molar-refractivity contribution in [1.29, 1.82) is 0 Å². The van der Waals surface area contributed by atoms with Crippen LogP contribution < -0.4 is 0 Å². The fraction of sp³-hybridized carbons (Fsp3) is 0. The zero-order valence-corrected chi connectivity index (χ0v) is 5.02. The number of hydrogen-bond donors (Lipinski definition) is 2. The number of hydrogen-bond acceptors (Lipinski definition) is 3. The molecule has 0 saturated heterocycles. The van der Waals surface area contributed by atoms with Crippen LogP contribution in [0.25, 0.3) is 0 Å². The second kappa shape index (κ2) is 4.31. The normalized spacial score (nSPS) is 10.8. The van der Waals surface area contributed by atoms with Crippen LogP contribution in [0.4, 0.5) is 0 Å². The van der Waals surface area contributed by atoms with Crippen LogP contribution in [-0.2, 0) is 9.59 Å². The molecule has 0 aliphatic heterocycles. The predicted octanol–water partition coefficient (Wildman–Crippen LogP) is 0.268. The highest BCUT2D eigenvalue weighted by Crippen LogP contribution is 1.78. The molecular weight excluding hydrogens is 136 g/mol. The quantitative estimate of drug-likeness (QED) is 0.256. The van der Waals surface area contributed by atoms with E-state index in [1.165, 1.54) is 0 Å². The van der Waals surface area contributed by atoms with Crippen molar-refractivity contribution < 1.29 is 19.8 Å². The van der Waals surface area contributed by atoms with Crippen molar-refractivity contribution >= 4 is 11.8 Å². The van der Waals surface area contributed by atoms with Gasteiger partial charge in [0.25, 0.3) is 5.78 Å². The predicted molar refractivity (Wildman–Crippen MR) is 33.6 cm³/mol. The van der Waals surface area contributed by atoms with Crippen molar-refractivity contribution in [3.05, 3.63) is 24.5 Å². The van der Waals surface area contributed by atoms with E-state index in [0.717, 1.165) is 18.2 Å². The minimum atomic E-state index is -1.51. The Bertz CT molecular complexity index is 190. The van der Waals surface area contributed by atoms with E-state index in [9.17, 15) is 9.59 Å². The number of carbonyl (C=O) groups is 2. The Kier molecular flexibility index (Phi) is 3.63. The molecule has 2 N–H and O–H groups in total. The fourth-order valence-electron chi connectivity index (χ4n) is 0.264. The zero-order chi connectivity index (χ0) is 7.98. The van der Waals surface area contributed by atoms with Crippen molar-refractivity contribution in [2.24, 2.45) is 0 Å². The lowest BCUT2D eigenvalue weighted by molar-refractivity contribution is -0.146. The molecule has 0 bridgehead atoms. The number of aliphatic hydroxyl groups excluding tert-OH is 1. The van der Waals surface area contributed by atoms with E-state index >= 15 is 0 Å². The maximum Gasteiger partial charge on any atom is 0.376 e. The van der Waals surface area contributed by atoms with Crippen LogP contribution in [0, 0.1) is 0 Å². The second-order valence-electron chi connectivity index (χ2n) is 1.37. The number of carboxylic acids is 1. The molecule has 0 aliphatic rings. The Morgan fingerprint density at radius 1 is 1.20 bits per heavy atom. The van der Waals surface area contributed by atoms with Gasteiger partial charge in [0.15, 0.2) is 0 Å². The highest BCUT2D eigenvalue weighted by molar-refractivity contribution is 6.37. The fourth-order valence-corrected chi connectivity index (χ4v) is 0.264. The Hall–Kier alpha value is -1.58. The minimum absolute atomic E-state index is 0.700. The molecule has 0 aromatic carbocycles. The molecule has 0 aromatic heterocycles. The molecule has 0 atom stereocenters. The standard InChI is InChI=1S/C6H6O4/c7-4-2-1-3-5(8)6(9)10/h1-4,7H,(H,9,10)/b3-1+,4-2+. The van der Waals surface area contributed by atoms with E-state index in [1.807, 2.05) is 0 Å². The van der Waals surface area contributed by atoms with Gasteiger partial charge in [-0.3, -0.25) is 4.79 Å². The number of allylic oxidation sites excluding steroid dienone is 2. The average Bonchev–Trinajstić information content (AvgIpc) is 1.88. The van der Waals surface area contributed by atoms with Crippen molar-refractivity contribution in [3.63, 3.8) is 0 Å². The maximum atomic E-state index is 10.2. The van der Waals surface area contributed by atoms with Gasteiger partial charge in [-0.25, -0.2) is 4.79 Å². The van der Waals surface area contributed by atoms with Crippen molar-refractivity contribution in [2.45, 2.75) is 0 Å². The van der Waals surface area contributed by atoms with E-state index in [1.54, 1.807) is 0 Å². The SMILES string of the molecule is O=C(O)C(=O)/C=C/C=C/O. The van der Waals surface area contributed by atoms with Gasteiger partial charge in [0.2, 0.25) is 0 Å². The highest BCUT2D eigenvalue weighted by Gasteiger charge is 2.03. The highest BCUT2D eigenvalue weighted by atomic mass is 16.4. The summed E-state index contributed by atoms with van der Waals surface area (Å²) in [5, 5.41) is 16.0. The zero-order valence-electron chi connectivity index (χ0n) is 5.02. The lowest BCUT2D eigenvalue weighted by atomic mass is 10.3. The van der Waals surface area contributed by atoms with Crippen LogP contribution in [0.15, 0.2) is 24.5 Å². The van der Waals surface area contributed by atoms with Gasteiger partial charge in [-0.15, -0.1) is 0 Å². The van der Waals surface area contributed by atoms with Gasteiger partial charge in [0.1, 0.15) is 0 Å². The molecule has 10 heavy (non-hydrogen) atoms. The Morgan fingerprint density at radius 2 is 1.80 bits per heavy atom. The van der Waals surface area contributed by atoms with E-state index < -0.39 is 11.8 Å². The monoisotopic (exact) mass is 142 g/mol. The maximum absolute atomic E-state index is 10.2. The van der Waals surface area contributed by atoms with Crippen LogP contribution in [-0.4, -0.2) is 22.0 Å². The first kappa shape index (κ1) is 8.42. The number of rotatable bonds is 3. The summed E-state index contributed by atoms with van der Waals surface area (Å²) in [6.45, 7) is 0. The molecule has 0 saturated carbocycles. The molecule has 0 spiro atoms. The first-order valence-corrected chi connectivity index (χ1v) is 2.43. The summed E-state index contributed by atoms with van der Waals surface area (Å²) in [5.74, 6) is -2.53. The molecule has 0 aromatic rings.